The van der Waals surface area contributed by atoms with E-state index in [9.17, 15) is 9.18 Å². The first-order valence-electron chi connectivity index (χ1n) is 6.13. The van der Waals surface area contributed by atoms with Crippen molar-refractivity contribution in [3.8, 4) is 6.07 Å². The van der Waals surface area contributed by atoms with E-state index in [4.69, 9.17) is 11.0 Å². The largest absolute Gasteiger partial charge is 0.399 e. The zero-order valence-corrected chi connectivity index (χ0v) is 11.0. The van der Waals surface area contributed by atoms with Crippen molar-refractivity contribution in [2.75, 3.05) is 11.1 Å². The lowest BCUT2D eigenvalue weighted by Gasteiger charge is -2.03. The predicted octanol–water partition coefficient (Wildman–Crippen LogP) is 2.93. The van der Waals surface area contributed by atoms with Gasteiger partial charge in [-0.15, -0.1) is 0 Å². The fraction of sp³-hybridized carbons (Fsp3) is 0. The molecule has 0 radical (unpaired) electrons. The molecule has 2 aromatic carbocycles. The van der Waals surface area contributed by atoms with Crippen molar-refractivity contribution in [3.05, 3.63) is 65.5 Å². The maximum Gasteiger partial charge on any atom is 0.248 e. The van der Waals surface area contributed by atoms with Crippen molar-refractivity contribution in [1.82, 2.24) is 0 Å². The molecule has 0 aliphatic heterocycles. The molecule has 1 amide bonds. The summed E-state index contributed by atoms with van der Waals surface area (Å²) in [5.74, 6) is -1.11. The Labute approximate surface area is 121 Å². The molecule has 0 unspecified atom stereocenters. The van der Waals surface area contributed by atoms with E-state index in [0.717, 1.165) is 11.6 Å². The molecule has 0 heterocycles. The van der Waals surface area contributed by atoms with Crippen LogP contribution in [0.25, 0.3) is 6.08 Å². The first-order chi connectivity index (χ1) is 10.1. The molecule has 0 aliphatic carbocycles. The van der Waals surface area contributed by atoms with Crippen molar-refractivity contribution in [2.45, 2.75) is 0 Å². The van der Waals surface area contributed by atoms with Gasteiger partial charge in [-0.3, -0.25) is 4.79 Å². The maximum atomic E-state index is 13.6. The Kier molecular flexibility index (Phi) is 4.32. The van der Waals surface area contributed by atoms with E-state index in [0.29, 0.717) is 5.69 Å². The summed E-state index contributed by atoms with van der Waals surface area (Å²) in [6, 6.07) is 12.6. The van der Waals surface area contributed by atoms with E-state index in [2.05, 4.69) is 5.32 Å². The van der Waals surface area contributed by atoms with Gasteiger partial charge in [-0.2, -0.15) is 5.26 Å². The molecule has 5 heteroatoms. The quantitative estimate of drug-likeness (QED) is 0.670. The zero-order chi connectivity index (χ0) is 15.2. The number of carbonyl (C=O) groups is 1. The van der Waals surface area contributed by atoms with E-state index in [1.165, 1.54) is 18.2 Å². The van der Waals surface area contributed by atoms with Crippen molar-refractivity contribution in [1.29, 1.82) is 5.26 Å². The summed E-state index contributed by atoms with van der Waals surface area (Å²) in [5.41, 5.74) is 7.22. The molecule has 0 saturated heterocycles. The first-order valence-corrected chi connectivity index (χ1v) is 6.13. The van der Waals surface area contributed by atoms with E-state index in [-0.39, 0.29) is 11.3 Å². The minimum Gasteiger partial charge on any atom is -0.399 e. The van der Waals surface area contributed by atoms with E-state index in [1.807, 2.05) is 6.07 Å². The van der Waals surface area contributed by atoms with E-state index in [1.54, 1.807) is 30.3 Å². The number of nitrogens with zero attached hydrogens (tertiary/aromatic N) is 1. The van der Waals surface area contributed by atoms with Gasteiger partial charge in [0.1, 0.15) is 5.82 Å². The Hall–Kier alpha value is -3.13. The van der Waals surface area contributed by atoms with E-state index < -0.39 is 11.7 Å². The number of halogens is 1. The van der Waals surface area contributed by atoms with Crippen LogP contribution in [0.15, 0.2) is 48.5 Å². The van der Waals surface area contributed by atoms with Gasteiger partial charge in [0.2, 0.25) is 5.91 Å². The van der Waals surface area contributed by atoms with Crippen LogP contribution < -0.4 is 11.1 Å². The topological polar surface area (TPSA) is 78.9 Å². The number of nitrogen functional groups attached to an aromatic ring is 1. The molecule has 0 aliphatic rings. The fourth-order valence-electron chi connectivity index (χ4n) is 1.64. The summed E-state index contributed by atoms with van der Waals surface area (Å²) in [6.45, 7) is 0. The van der Waals surface area contributed by atoms with Gasteiger partial charge in [0.25, 0.3) is 0 Å². The summed E-state index contributed by atoms with van der Waals surface area (Å²) in [5, 5.41) is 11.0. The normalized spacial score (nSPS) is 10.3. The lowest BCUT2D eigenvalue weighted by atomic mass is 10.2. The number of hydrogen-bond acceptors (Lipinski definition) is 3. The smallest absolute Gasteiger partial charge is 0.248 e. The number of amides is 1. The molecule has 4 nitrogen and oxygen atoms in total. The average molecular weight is 281 g/mol. The highest BCUT2D eigenvalue weighted by Crippen LogP contribution is 2.15. The van der Waals surface area contributed by atoms with Crippen molar-refractivity contribution >= 4 is 23.4 Å². The third-order valence-electron chi connectivity index (χ3n) is 2.72. The highest BCUT2D eigenvalue weighted by molar-refractivity contribution is 6.02. The minimum atomic E-state index is -0.650. The van der Waals surface area contributed by atoms with Crippen LogP contribution in [0.4, 0.5) is 15.8 Å². The van der Waals surface area contributed by atoms with Crippen LogP contribution in [0.5, 0.6) is 0 Å². The number of nitrogens with one attached hydrogen (secondary N) is 1. The standard InChI is InChI=1S/C16H12FN3O/c17-14-9-12(10-18)3-7-15(14)20-16(21)8-4-11-1-5-13(19)6-2-11/h1-9H,19H2,(H,20,21)/b8-4+. The Balaban J connectivity index is 2.05. The van der Waals surface area contributed by atoms with Gasteiger partial charge in [0, 0.05) is 11.8 Å². The summed E-state index contributed by atoms with van der Waals surface area (Å²) in [7, 11) is 0. The number of benzene rings is 2. The molecule has 21 heavy (non-hydrogen) atoms. The molecule has 2 rings (SSSR count). The molecule has 0 bridgehead atoms. The SMILES string of the molecule is N#Cc1ccc(NC(=O)/C=C/c2ccc(N)cc2)c(F)c1. The highest BCUT2D eigenvalue weighted by atomic mass is 19.1. The van der Waals surface area contributed by atoms with Gasteiger partial charge in [0.15, 0.2) is 0 Å². The lowest BCUT2D eigenvalue weighted by Crippen LogP contribution is -2.09. The Bertz CT molecular complexity index is 730. The van der Waals surface area contributed by atoms with Crippen LogP contribution in [0.1, 0.15) is 11.1 Å². The average Bonchev–Trinajstić information content (AvgIpc) is 2.48. The second-order valence-electron chi connectivity index (χ2n) is 4.30. The molecule has 0 atom stereocenters. The number of hydrogen-bond donors (Lipinski definition) is 2. The second kappa shape index (κ2) is 6.35. The van der Waals surface area contributed by atoms with Crippen LogP contribution >= 0.6 is 0 Å². The number of anilines is 2. The molecule has 0 aromatic heterocycles. The lowest BCUT2D eigenvalue weighted by molar-refractivity contribution is -0.111. The Morgan fingerprint density at radius 2 is 1.95 bits per heavy atom. The number of carbonyl (C=O) groups excluding carboxylic acids is 1. The molecule has 3 N–H and O–H groups in total. The van der Waals surface area contributed by atoms with Gasteiger partial charge < -0.3 is 11.1 Å². The Morgan fingerprint density at radius 1 is 1.24 bits per heavy atom. The number of nitriles is 1. The van der Waals surface area contributed by atoms with Gasteiger partial charge in [-0.05, 0) is 42.0 Å². The number of rotatable bonds is 3. The third-order valence-corrected chi connectivity index (χ3v) is 2.72. The van der Waals surface area contributed by atoms with Gasteiger partial charge in [0.05, 0.1) is 17.3 Å². The minimum absolute atomic E-state index is 0.0287. The van der Waals surface area contributed by atoms with Crippen molar-refractivity contribution in [3.63, 3.8) is 0 Å². The number of nitrogens with two attached hydrogens (primary N) is 1. The molecule has 2 aromatic rings. The molecule has 0 spiro atoms. The van der Waals surface area contributed by atoms with Crippen LogP contribution in [-0.2, 0) is 4.79 Å². The van der Waals surface area contributed by atoms with Gasteiger partial charge in [-0.25, -0.2) is 4.39 Å². The molecule has 104 valence electrons. The van der Waals surface area contributed by atoms with Crippen LogP contribution in [0.3, 0.4) is 0 Å². The van der Waals surface area contributed by atoms with Gasteiger partial charge in [-0.1, -0.05) is 12.1 Å². The second-order valence-corrected chi connectivity index (χ2v) is 4.30. The highest BCUT2D eigenvalue weighted by Gasteiger charge is 2.05. The Morgan fingerprint density at radius 3 is 2.57 bits per heavy atom. The van der Waals surface area contributed by atoms with Crippen molar-refractivity contribution in [2.24, 2.45) is 0 Å². The van der Waals surface area contributed by atoms with Crippen LogP contribution in [0.2, 0.25) is 0 Å². The fourth-order valence-corrected chi connectivity index (χ4v) is 1.64. The van der Waals surface area contributed by atoms with Crippen LogP contribution in [-0.4, -0.2) is 5.91 Å². The maximum absolute atomic E-state index is 13.6. The summed E-state index contributed by atoms with van der Waals surface area (Å²) >= 11 is 0. The summed E-state index contributed by atoms with van der Waals surface area (Å²) in [4.78, 5) is 11.7. The predicted molar refractivity (Wildman–Crippen MR) is 79.6 cm³/mol. The van der Waals surface area contributed by atoms with Gasteiger partial charge >= 0.3 is 0 Å². The zero-order valence-electron chi connectivity index (χ0n) is 11.0. The monoisotopic (exact) mass is 281 g/mol. The van der Waals surface area contributed by atoms with Crippen LogP contribution in [0, 0.1) is 17.1 Å². The molecule has 0 fully saturated rings. The summed E-state index contributed by atoms with van der Waals surface area (Å²) in [6.07, 6.45) is 2.89. The molecular weight excluding hydrogens is 269 g/mol. The van der Waals surface area contributed by atoms with E-state index >= 15 is 0 Å². The van der Waals surface area contributed by atoms with Crippen molar-refractivity contribution < 1.29 is 9.18 Å². The first kappa shape index (κ1) is 14.3. The molecule has 0 saturated carbocycles. The summed E-state index contributed by atoms with van der Waals surface area (Å²) < 4.78 is 13.6. The molecular formula is C16H12FN3O. The third kappa shape index (κ3) is 3.91.